The molecule has 0 spiro atoms. The Morgan fingerprint density at radius 2 is 1.76 bits per heavy atom. The Labute approximate surface area is 125 Å². The molecule has 0 unspecified atom stereocenters. The molecule has 5 nitrogen and oxygen atoms in total. The lowest BCUT2D eigenvalue weighted by Crippen LogP contribution is -2.22. The Kier molecular flexibility index (Phi) is 4.50. The van der Waals surface area contributed by atoms with Crippen molar-refractivity contribution in [1.29, 1.82) is 0 Å². The number of nitrogen functional groups attached to an aromatic ring is 1. The van der Waals surface area contributed by atoms with Crippen molar-refractivity contribution in [2.24, 2.45) is 5.14 Å². The molecular weight excluding hydrogens is 286 g/mol. The SMILES string of the molecule is CCN(Cc1cccc(N)c1)c1ccc(S(N)(=O)=O)cc1. The van der Waals surface area contributed by atoms with E-state index in [9.17, 15) is 8.42 Å². The van der Waals surface area contributed by atoms with Gasteiger partial charge >= 0.3 is 0 Å². The molecule has 0 saturated heterocycles. The van der Waals surface area contributed by atoms with Crippen molar-refractivity contribution < 1.29 is 8.42 Å². The fourth-order valence-corrected chi connectivity index (χ4v) is 2.66. The molecule has 0 aromatic heterocycles. The van der Waals surface area contributed by atoms with Crippen molar-refractivity contribution in [2.45, 2.75) is 18.4 Å². The summed E-state index contributed by atoms with van der Waals surface area (Å²) in [7, 11) is -3.65. The van der Waals surface area contributed by atoms with Crippen LogP contribution in [0, 0.1) is 0 Å². The van der Waals surface area contributed by atoms with Gasteiger partial charge in [0.1, 0.15) is 0 Å². The number of hydrogen-bond donors (Lipinski definition) is 2. The standard InChI is InChI=1S/C15H19N3O2S/c1-2-18(11-12-4-3-5-13(16)10-12)14-6-8-15(9-7-14)21(17,19)20/h3-10H,2,11,16H2,1H3,(H2,17,19,20). The van der Waals surface area contributed by atoms with E-state index in [1.165, 1.54) is 12.1 Å². The normalized spacial score (nSPS) is 11.3. The van der Waals surface area contributed by atoms with E-state index in [0.29, 0.717) is 6.54 Å². The van der Waals surface area contributed by atoms with Gasteiger partial charge in [-0.1, -0.05) is 12.1 Å². The highest BCUT2D eigenvalue weighted by Gasteiger charge is 2.10. The van der Waals surface area contributed by atoms with Gasteiger partial charge in [-0.2, -0.15) is 0 Å². The molecule has 21 heavy (non-hydrogen) atoms. The molecule has 2 aromatic rings. The lowest BCUT2D eigenvalue weighted by Gasteiger charge is -2.23. The van der Waals surface area contributed by atoms with E-state index in [0.717, 1.165) is 23.5 Å². The predicted octanol–water partition coefficient (Wildman–Crippen LogP) is 1.94. The summed E-state index contributed by atoms with van der Waals surface area (Å²) in [6, 6.07) is 14.3. The van der Waals surface area contributed by atoms with Gasteiger partial charge in [-0.3, -0.25) is 0 Å². The van der Waals surface area contributed by atoms with Gasteiger partial charge in [0.05, 0.1) is 4.90 Å². The molecular formula is C15H19N3O2S. The summed E-state index contributed by atoms with van der Waals surface area (Å²) in [4.78, 5) is 2.24. The third kappa shape index (κ3) is 3.96. The van der Waals surface area contributed by atoms with Crippen LogP contribution in [-0.4, -0.2) is 15.0 Å². The summed E-state index contributed by atoms with van der Waals surface area (Å²) in [5, 5.41) is 5.10. The minimum atomic E-state index is -3.65. The Morgan fingerprint density at radius 3 is 2.29 bits per heavy atom. The summed E-state index contributed by atoms with van der Waals surface area (Å²) in [6.07, 6.45) is 0. The monoisotopic (exact) mass is 305 g/mol. The van der Waals surface area contributed by atoms with Crippen molar-refractivity contribution >= 4 is 21.4 Å². The average Bonchev–Trinajstić information content (AvgIpc) is 2.44. The van der Waals surface area contributed by atoms with Gasteiger partial charge in [0.25, 0.3) is 0 Å². The van der Waals surface area contributed by atoms with E-state index in [1.807, 2.05) is 31.2 Å². The Morgan fingerprint density at radius 1 is 1.10 bits per heavy atom. The Balaban J connectivity index is 2.21. The number of anilines is 2. The van der Waals surface area contributed by atoms with Crippen molar-refractivity contribution in [3.63, 3.8) is 0 Å². The van der Waals surface area contributed by atoms with Gasteiger partial charge in [-0.05, 0) is 48.9 Å². The van der Waals surface area contributed by atoms with Crippen LogP contribution in [0.4, 0.5) is 11.4 Å². The number of benzene rings is 2. The van der Waals surface area contributed by atoms with E-state index in [1.54, 1.807) is 12.1 Å². The largest absolute Gasteiger partial charge is 0.399 e. The molecule has 4 N–H and O–H groups in total. The molecule has 0 heterocycles. The summed E-state index contributed by atoms with van der Waals surface area (Å²) < 4.78 is 22.5. The first kappa shape index (κ1) is 15.3. The number of nitrogens with zero attached hydrogens (tertiary/aromatic N) is 1. The molecule has 6 heteroatoms. The van der Waals surface area contributed by atoms with Crippen LogP contribution in [0.5, 0.6) is 0 Å². The fourth-order valence-electron chi connectivity index (χ4n) is 2.14. The zero-order chi connectivity index (χ0) is 15.5. The van der Waals surface area contributed by atoms with E-state index in [2.05, 4.69) is 4.90 Å². The van der Waals surface area contributed by atoms with Gasteiger partial charge in [0, 0.05) is 24.5 Å². The molecule has 0 fully saturated rings. The third-order valence-corrected chi connectivity index (χ3v) is 4.17. The van der Waals surface area contributed by atoms with Crippen LogP contribution < -0.4 is 15.8 Å². The lowest BCUT2D eigenvalue weighted by molar-refractivity contribution is 0.598. The van der Waals surface area contributed by atoms with Crippen LogP contribution in [0.3, 0.4) is 0 Å². The third-order valence-electron chi connectivity index (χ3n) is 3.24. The van der Waals surface area contributed by atoms with E-state index >= 15 is 0 Å². The average molecular weight is 305 g/mol. The second-order valence-corrected chi connectivity index (χ2v) is 6.36. The molecule has 2 aromatic carbocycles. The first-order valence-corrected chi connectivity index (χ1v) is 8.17. The zero-order valence-corrected chi connectivity index (χ0v) is 12.7. The Bertz CT molecular complexity index is 712. The van der Waals surface area contributed by atoms with Gasteiger partial charge < -0.3 is 10.6 Å². The Hall–Kier alpha value is -2.05. The second kappa shape index (κ2) is 6.15. The first-order valence-electron chi connectivity index (χ1n) is 6.62. The maximum absolute atomic E-state index is 11.3. The lowest BCUT2D eigenvalue weighted by atomic mass is 10.1. The maximum atomic E-state index is 11.3. The van der Waals surface area contributed by atoms with Crippen LogP contribution in [0.25, 0.3) is 0 Å². The molecule has 0 amide bonds. The fraction of sp³-hybridized carbons (Fsp3) is 0.200. The number of nitrogens with two attached hydrogens (primary N) is 2. The second-order valence-electron chi connectivity index (χ2n) is 4.80. The maximum Gasteiger partial charge on any atom is 0.238 e. The van der Waals surface area contributed by atoms with Crippen molar-refractivity contribution in [1.82, 2.24) is 0 Å². The molecule has 0 aliphatic carbocycles. The quantitative estimate of drug-likeness (QED) is 0.826. The van der Waals surface area contributed by atoms with Gasteiger partial charge in [-0.25, -0.2) is 13.6 Å². The zero-order valence-electron chi connectivity index (χ0n) is 11.9. The van der Waals surface area contributed by atoms with Crippen LogP contribution in [0.1, 0.15) is 12.5 Å². The number of rotatable bonds is 5. The molecule has 0 aliphatic heterocycles. The summed E-state index contributed by atoms with van der Waals surface area (Å²) in [6.45, 7) is 3.54. The van der Waals surface area contributed by atoms with Gasteiger partial charge in [0.2, 0.25) is 10.0 Å². The topological polar surface area (TPSA) is 89.4 Å². The highest BCUT2D eigenvalue weighted by Crippen LogP contribution is 2.20. The molecule has 0 bridgehead atoms. The highest BCUT2D eigenvalue weighted by atomic mass is 32.2. The molecule has 2 rings (SSSR count). The van der Waals surface area contributed by atoms with Crippen molar-refractivity contribution in [3.05, 3.63) is 54.1 Å². The van der Waals surface area contributed by atoms with E-state index in [4.69, 9.17) is 10.9 Å². The summed E-state index contributed by atoms with van der Waals surface area (Å²) >= 11 is 0. The minimum absolute atomic E-state index is 0.117. The van der Waals surface area contributed by atoms with Crippen molar-refractivity contribution in [2.75, 3.05) is 17.2 Å². The molecule has 0 atom stereocenters. The molecule has 0 radical (unpaired) electrons. The number of sulfonamides is 1. The summed E-state index contributed by atoms with van der Waals surface area (Å²) in [5.74, 6) is 0. The van der Waals surface area contributed by atoms with Crippen LogP contribution in [0.15, 0.2) is 53.4 Å². The molecule has 112 valence electrons. The number of primary sulfonamides is 1. The van der Waals surface area contributed by atoms with E-state index < -0.39 is 10.0 Å². The highest BCUT2D eigenvalue weighted by molar-refractivity contribution is 7.89. The minimum Gasteiger partial charge on any atom is -0.399 e. The van der Waals surface area contributed by atoms with Crippen molar-refractivity contribution in [3.8, 4) is 0 Å². The van der Waals surface area contributed by atoms with Gasteiger partial charge in [0.15, 0.2) is 0 Å². The van der Waals surface area contributed by atoms with Crippen LogP contribution in [-0.2, 0) is 16.6 Å². The first-order chi connectivity index (χ1) is 9.90. The van der Waals surface area contributed by atoms with Crippen LogP contribution in [0.2, 0.25) is 0 Å². The number of hydrogen-bond acceptors (Lipinski definition) is 4. The molecule has 0 saturated carbocycles. The molecule has 0 aliphatic rings. The van der Waals surface area contributed by atoms with Gasteiger partial charge in [-0.15, -0.1) is 0 Å². The van der Waals surface area contributed by atoms with E-state index in [-0.39, 0.29) is 4.90 Å². The van der Waals surface area contributed by atoms with Crippen LogP contribution >= 0.6 is 0 Å². The summed E-state index contributed by atoms with van der Waals surface area (Å²) in [5.41, 5.74) is 8.55. The predicted molar refractivity (Wildman–Crippen MR) is 85.4 cm³/mol. The smallest absolute Gasteiger partial charge is 0.238 e.